The third-order valence-electron chi connectivity index (χ3n) is 5.40. The molecule has 0 unspecified atom stereocenters. The molecule has 3 aromatic rings. The fourth-order valence-electron chi connectivity index (χ4n) is 3.38. The van der Waals surface area contributed by atoms with Gasteiger partial charge in [0.25, 0.3) is 10.0 Å². The van der Waals surface area contributed by atoms with E-state index in [1.54, 1.807) is 36.7 Å². The van der Waals surface area contributed by atoms with Crippen molar-refractivity contribution in [2.24, 2.45) is 5.92 Å². The van der Waals surface area contributed by atoms with Crippen LogP contribution in [0.4, 0.5) is 5.69 Å². The van der Waals surface area contributed by atoms with Crippen LogP contribution in [0.5, 0.6) is 5.75 Å². The molecule has 0 aliphatic heterocycles. The predicted molar refractivity (Wildman–Crippen MR) is 120 cm³/mol. The Morgan fingerprint density at radius 1 is 1.12 bits per heavy atom. The Morgan fingerprint density at radius 2 is 1.78 bits per heavy atom. The van der Waals surface area contributed by atoms with E-state index >= 15 is 0 Å². The number of sulfonamides is 1. The Kier molecular flexibility index (Phi) is 6.19. The van der Waals surface area contributed by atoms with Crippen LogP contribution in [-0.2, 0) is 16.6 Å². The highest BCUT2D eigenvalue weighted by Crippen LogP contribution is 2.38. The highest BCUT2D eigenvalue weighted by molar-refractivity contribution is 7.92. The van der Waals surface area contributed by atoms with Gasteiger partial charge in [0, 0.05) is 12.5 Å². The number of anilines is 1. The standard InChI is InChI=1S/C23H28N4O4S/c1-15(2)13-27(19-11-24-23(25-12-19)18-5-6-18)32(28,29)21-9-7-20(8-10-21)30-14-22-16(3)26-31-17(22)4/h7-12,15,18H,5-6,13-14H2,1-4H3. The van der Waals surface area contributed by atoms with Crippen LogP contribution in [0.3, 0.4) is 0 Å². The minimum atomic E-state index is -3.78. The van der Waals surface area contributed by atoms with Gasteiger partial charge in [-0.05, 0) is 56.9 Å². The van der Waals surface area contributed by atoms with Crippen LogP contribution < -0.4 is 9.04 Å². The summed E-state index contributed by atoms with van der Waals surface area (Å²) in [6.07, 6.45) is 5.42. The van der Waals surface area contributed by atoms with Crippen LogP contribution in [0.25, 0.3) is 0 Å². The van der Waals surface area contributed by atoms with Crippen molar-refractivity contribution in [2.75, 3.05) is 10.8 Å². The maximum atomic E-state index is 13.5. The molecule has 0 bridgehead atoms. The van der Waals surface area contributed by atoms with Gasteiger partial charge in [-0.3, -0.25) is 4.31 Å². The van der Waals surface area contributed by atoms with E-state index in [0.717, 1.165) is 29.9 Å². The number of benzene rings is 1. The van der Waals surface area contributed by atoms with E-state index in [0.29, 0.717) is 36.3 Å². The van der Waals surface area contributed by atoms with Crippen LogP contribution in [0.2, 0.25) is 0 Å². The van der Waals surface area contributed by atoms with Crippen molar-refractivity contribution in [3.8, 4) is 5.75 Å². The number of ether oxygens (including phenoxy) is 1. The Labute approximate surface area is 188 Å². The zero-order chi connectivity index (χ0) is 22.9. The summed E-state index contributed by atoms with van der Waals surface area (Å²) in [6, 6.07) is 6.44. The van der Waals surface area contributed by atoms with E-state index in [-0.39, 0.29) is 10.8 Å². The molecule has 0 saturated heterocycles. The maximum absolute atomic E-state index is 13.5. The molecule has 8 nitrogen and oxygen atoms in total. The number of nitrogens with zero attached hydrogens (tertiary/aromatic N) is 4. The highest BCUT2D eigenvalue weighted by Gasteiger charge is 2.29. The average molecular weight is 457 g/mol. The second-order valence-electron chi connectivity index (χ2n) is 8.57. The number of rotatable bonds is 9. The Balaban J connectivity index is 1.53. The van der Waals surface area contributed by atoms with Crippen molar-refractivity contribution in [1.82, 2.24) is 15.1 Å². The third kappa shape index (κ3) is 4.77. The summed E-state index contributed by atoms with van der Waals surface area (Å²) in [5.41, 5.74) is 2.14. The van der Waals surface area contributed by atoms with E-state index in [2.05, 4.69) is 15.1 Å². The second-order valence-corrected chi connectivity index (χ2v) is 10.4. The number of hydrogen-bond donors (Lipinski definition) is 0. The average Bonchev–Trinajstić information content (AvgIpc) is 3.57. The van der Waals surface area contributed by atoms with Crippen LogP contribution in [0, 0.1) is 19.8 Å². The molecule has 1 aromatic carbocycles. The molecule has 1 saturated carbocycles. The van der Waals surface area contributed by atoms with Gasteiger partial charge in [-0.1, -0.05) is 19.0 Å². The predicted octanol–water partition coefficient (Wildman–Crippen LogP) is 4.39. The van der Waals surface area contributed by atoms with Gasteiger partial charge in [0.15, 0.2) is 0 Å². The van der Waals surface area contributed by atoms with Crippen molar-refractivity contribution >= 4 is 15.7 Å². The lowest BCUT2D eigenvalue weighted by Gasteiger charge is -2.25. The molecule has 0 amide bonds. The molecule has 0 atom stereocenters. The molecule has 1 fully saturated rings. The summed E-state index contributed by atoms with van der Waals surface area (Å²) in [6.45, 7) is 8.28. The zero-order valence-electron chi connectivity index (χ0n) is 18.8. The fraction of sp³-hybridized carbons (Fsp3) is 0.435. The van der Waals surface area contributed by atoms with Gasteiger partial charge in [0.05, 0.1) is 34.2 Å². The first-order chi connectivity index (χ1) is 15.3. The summed E-state index contributed by atoms with van der Waals surface area (Å²) in [5.74, 6) is 2.61. The van der Waals surface area contributed by atoms with Crippen LogP contribution >= 0.6 is 0 Å². The van der Waals surface area contributed by atoms with E-state index in [1.807, 2.05) is 27.7 Å². The van der Waals surface area contributed by atoms with Gasteiger partial charge in [0.2, 0.25) is 0 Å². The lowest BCUT2D eigenvalue weighted by molar-refractivity contribution is 0.301. The van der Waals surface area contributed by atoms with Gasteiger partial charge in [-0.15, -0.1) is 0 Å². The number of aromatic nitrogens is 3. The molecular weight excluding hydrogens is 428 g/mol. The molecule has 0 spiro atoms. The number of aryl methyl sites for hydroxylation is 2. The SMILES string of the molecule is Cc1noc(C)c1COc1ccc(S(=O)(=O)N(CC(C)C)c2cnc(C3CC3)nc2)cc1. The summed E-state index contributed by atoms with van der Waals surface area (Å²) >= 11 is 0. The largest absolute Gasteiger partial charge is 0.489 e. The van der Waals surface area contributed by atoms with Crippen molar-refractivity contribution in [3.63, 3.8) is 0 Å². The van der Waals surface area contributed by atoms with Crippen molar-refractivity contribution in [1.29, 1.82) is 0 Å². The second kappa shape index (κ2) is 8.90. The molecule has 0 radical (unpaired) electrons. The van der Waals surface area contributed by atoms with Crippen LogP contribution in [0.1, 0.15) is 55.4 Å². The van der Waals surface area contributed by atoms with E-state index < -0.39 is 10.0 Å². The van der Waals surface area contributed by atoms with E-state index in [9.17, 15) is 8.42 Å². The van der Waals surface area contributed by atoms with Crippen molar-refractivity contribution in [3.05, 3.63) is 59.5 Å². The molecule has 1 aliphatic rings. The van der Waals surface area contributed by atoms with E-state index in [1.165, 1.54) is 4.31 Å². The zero-order valence-corrected chi connectivity index (χ0v) is 19.6. The molecule has 2 aromatic heterocycles. The molecule has 170 valence electrons. The molecule has 1 aliphatic carbocycles. The normalized spacial score (nSPS) is 14.0. The van der Waals surface area contributed by atoms with E-state index in [4.69, 9.17) is 9.26 Å². The quantitative estimate of drug-likeness (QED) is 0.471. The van der Waals surface area contributed by atoms with Crippen molar-refractivity contribution in [2.45, 2.75) is 58.0 Å². The Bertz CT molecular complexity index is 1150. The minimum absolute atomic E-state index is 0.130. The highest BCUT2D eigenvalue weighted by atomic mass is 32.2. The van der Waals surface area contributed by atoms with Gasteiger partial charge in [0.1, 0.15) is 23.9 Å². The molecule has 2 heterocycles. The van der Waals surface area contributed by atoms with Gasteiger partial charge in [-0.2, -0.15) is 0 Å². The Morgan fingerprint density at radius 3 is 2.31 bits per heavy atom. The summed E-state index contributed by atoms with van der Waals surface area (Å²) in [4.78, 5) is 9.00. The minimum Gasteiger partial charge on any atom is -0.489 e. The first kappa shape index (κ1) is 22.3. The smallest absolute Gasteiger partial charge is 0.264 e. The molecule has 4 rings (SSSR count). The van der Waals surface area contributed by atoms with Gasteiger partial charge < -0.3 is 9.26 Å². The lowest BCUT2D eigenvalue weighted by Crippen LogP contribution is -2.34. The lowest BCUT2D eigenvalue weighted by atomic mass is 10.2. The summed E-state index contributed by atoms with van der Waals surface area (Å²) < 4.78 is 39.2. The van der Waals surface area contributed by atoms with Crippen molar-refractivity contribution < 1.29 is 17.7 Å². The number of hydrogen-bond acceptors (Lipinski definition) is 7. The first-order valence-corrected chi connectivity index (χ1v) is 12.2. The molecular formula is C23H28N4O4S. The molecule has 9 heteroatoms. The molecule has 0 N–H and O–H groups in total. The monoisotopic (exact) mass is 456 g/mol. The van der Waals surface area contributed by atoms with Crippen LogP contribution in [0.15, 0.2) is 46.1 Å². The van der Waals surface area contributed by atoms with Gasteiger partial charge in [-0.25, -0.2) is 18.4 Å². The summed E-state index contributed by atoms with van der Waals surface area (Å²) in [5, 5.41) is 3.91. The molecule has 32 heavy (non-hydrogen) atoms. The first-order valence-electron chi connectivity index (χ1n) is 10.7. The maximum Gasteiger partial charge on any atom is 0.264 e. The third-order valence-corrected chi connectivity index (χ3v) is 7.20. The van der Waals surface area contributed by atoms with Crippen LogP contribution in [-0.4, -0.2) is 30.1 Å². The topological polar surface area (TPSA) is 98.4 Å². The fourth-order valence-corrected chi connectivity index (χ4v) is 4.99. The van der Waals surface area contributed by atoms with Gasteiger partial charge >= 0.3 is 0 Å². The summed E-state index contributed by atoms with van der Waals surface area (Å²) in [7, 11) is -3.78. The Hall–Kier alpha value is -2.94.